The van der Waals surface area contributed by atoms with Crippen molar-refractivity contribution in [1.82, 2.24) is 10.3 Å². The number of hydrogen-bond acceptors (Lipinski definition) is 4. The normalized spacial score (nSPS) is 24.6. The maximum Gasteiger partial charge on any atom is 0.307 e. The number of aryl methyl sites for hydroxylation is 1. The first kappa shape index (κ1) is 13.0. The maximum absolute atomic E-state index is 11.9. The quantitative estimate of drug-likeness (QED) is 0.865. The first-order valence-electron chi connectivity index (χ1n) is 5.75. The summed E-state index contributed by atoms with van der Waals surface area (Å²) in [7, 11) is 0. The number of nitrogens with zero attached hydrogens (tertiary/aromatic N) is 1. The average molecular weight is 268 g/mol. The fourth-order valence-corrected chi connectivity index (χ4v) is 3.06. The van der Waals surface area contributed by atoms with Crippen LogP contribution in [0.4, 0.5) is 0 Å². The molecule has 1 amide bonds. The van der Waals surface area contributed by atoms with Gasteiger partial charge in [-0.3, -0.25) is 9.59 Å². The van der Waals surface area contributed by atoms with Crippen LogP contribution in [0, 0.1) is 24.2 Å². The van der Waals surface area contributed by atoms with Crippen molar-refractivity contribution >= 4 is 23.2 Å². The van der Waals surface area contributed by atoms with E-state index >= 15 is 0 Å². The Morgan fingerprint density at radius 2 is 2.17 bits per heavy atom. The van der Waals surface area contributed by atoms with E-state index in [4.69, 9.17) is 5.11 Å². The molecule has 0 bridgehead atoms. The lowest BCUT2D eigenvalue weighted by Crippen LogP contribution is -2.26. The molecule has 1 saturated carbocycles. The van der Waals surface area contributed by atoms with Crippen LogP contribution in [0.25, 0.3) is 0 Å². The number of thiazole rings is 1. The van der Waals surface area contributed by atoms with Gasteiger partial charge in [-0.2, -0.15) is 0 Å². The molecular formula is C12H16N2O3S. The molecule has 2 atom stereocenters. The second-order valence-electron chi connectivity index (χ2n) is 5.22. The third kappa shape index (κ3) is 2.25. The number of carboxylic acids is 1. The first-order valence-corrected chi connectivity index (χ1v) is 6.63. The monoisotopic (exact) mass is 268 g/mol. The zero-order chi connectivity index (χ0) is 13.5. The molecule has 98 valence electrons. The number of carbonyl (C=O) groups excluding carboxylic acids is 1. The van der Waals surface area contributed by atoms with E-state index in [-0.39, 0.29) is 5.91 Å². The Bertz CT molecular complexity index is 495. The SMILES string of the molecule is Cc1csc(CNC(=O)C2C(C(=O)O)C2(C)C)n1. The molecule has 2 rings (SSSR count). The standard InChI is InChI=1S/C12H16N2O3S/c1-6-5-18-7(14-6)4-13-10(15)8-9(11(16)17)12(8,2)3/h5,8-9H,4H2,1-3H3,(H,13,15)(H,16,17). The van der Waals surface area contributed by atoms with Gasteiger partial charge < -0.3 is 10.4 Å². The van der Waals surface area contributed by atoms with Gasteiger partial charge in [0, 0.05) is 11.1 Å². The van der Waals surface area contributed by atoms with Crippen molar-refractivity contribution in [3.05, 3.63) is 16.1 Å². The minimum absolute atomic E-state index is 0.194. The summed E-state index contributed by atoms with van der Waals surface area (Å²) in [5.74, 6) is -2.10. The lowest BCUT2D eigenvalue weighted by atomic mass is 10.1. The summed E-state index contributed by atoms with van der Waals surface area (Å²) in [6.07, 6.45) is 0. The Kier molecular flexibility index (Phi) is 3.14. The van der Waals surface area contributed by atoms with E-state index in [1.807, 2.05) is 26.2 Å². The second kappa shape index (κ2) is 4.35. The van der Waals surface area contributed by atoms with E-state index in [9.17, 15) is 9.59 Å². The molecule has 1 fully saturated rings. The average Bonchev–Trinajstić information content (AvgIpc) is 2.63. The van der Waals surface area contributed by atoms with Crippen LogP contribution in [-0.2, 0) is 16.1 Å². The van der Waals surface area contributed by atoms with Crippen molar-refractivity contribution in [2.75, 3.05) is 0 Å². The van der Waals surface area contributed by atoms with Crippen molar-refractivity contribution in [2.45, 2.75) is 27.3 Å². The van der Waals surface area contributed by atoms with Crippen LogP contribution in [0.1, 0.15) is 24.5 Å². The number of amides is 1. The molecule has 0 saturated heterocycles. The van der Waals surface area contributed by atoms with Gasteiger partial charge in [0.15, 0.2) is 0 Å². The van der Waals surface area contributed by atoms with Gasteiger partial charge in [0.05, 0.1) is 18.4 Å². The number of hydrogen-bond donors (Lipinski definition) is 2. The van der Waals surface area contributed by atoms with Crippen LogP contribution in [0.3, 0.4) is 0 Å². The van der Waals surface area contributed by atoms with E-state index in [2.05, 4.69) is 10.3 Å². The third-order valence-corrected chi connectivity index (χ3v) is 4.42. The number of nitrogens with one attached hydrogen (secondary N) is 1. The fraction of sp³-hybridized carbons (Fsp3) is 0.583. The number of carboxylic acid groups (broad SMARTS) is 1. The van der Waals surface area contributed by atoms with E-state index < -0.39 is 23.2 Å². The van der Waals surface area contributed by atoms with Gasteiger partial charge in [0.1, 0.15) is 5.01 Å². The van der Waals surface area contributed by atoms with Crippen molar-refractivity contribution in [3.63, 3.8) is 0 Å². The highest BCUT2D eigenvalue weighted by atomic mass is 32.1. The predicted octanol–water partition coefficient (Wildman–Crippen LogP) is 1.42. The molecule has 18 heavy (non-hydrogen) atoms. The summed E-state index contributed by atoms with van der Waals surface area (Å²) in [5, 5.41) is 14.5. The Hall–Kier alpha value is -1.43. The third-order valence-electron chi connectivity index (χ3n) is 3.46. The zero-order valence-corrected chi connectivity index (χ0v) is 11.4. The number of rotatable bonds is 4. The van der Waals surface area contributed by atoms with Gasteiger partial charge in [-0.25, -0.2) is 4.98 Å². The first-order chi connectivity index (χ1) is 8.34. The van der Waals surface area contributed by atoms with E-state index in [0.717, 1.165) is 10.7 Å². The molecule has 1 heterocycles. The predicted molar refractivity (Wildman–Crippen MR) is 67.1 cm³/mol. The molecule has 1 aliphatic carbocycles. The van der Waals surface area contributed by atoms with Crippen molar-refractivity contribution in [3.8, 4) is 0 Å². The van der Waals surface area contributed by atoms with Crippen LogP contribution in [0.15, 0.2) is 5.38 Å². The van der Waals surface area contributed by atoms with Crippen molar-refractivity contribution in [2.24, 2.45) is 17.3 Å². The maximum atomic E-state index is 11.9. The van der Waals surface area contributed by atoms with Gasteiger partial charge in [-0.1, -0.05) is 13.8 Å². The van der Waals surface area contributed by atoms with Crippen LogP contribution >= 0.6 is 11.3 Å². The highest BCUT2D eigenvalue weighted by Gasteiger charge is 2.65. The Balaban J connectivity index is 1.92. The molecule has 1 aromatic heterocycles. The topological polar surface area (TPSA) is 79.3 Å². The smallest absolute Gasteiger partial charge is 0.307 e. The summed E-state index contributed by atoms with van der Waals surface area (Å²) in [4.78, 5) is 27.1. The number of aromatic nitrogens is 1. The van der Waals surface area contributed by atoms with E-state index in [0.29, 0.717) is 6.54 Å². The molecule has 0 aliphatic heterocycles. The van der Waals surface area contributed by atoms with Gasteiger partial charge in [-0.05, 0) is 12.3 Å². The lowest BCUT2D eigenvalue weighted by molar-refractivity contribution is -0.140. The van der Waals surface area contributed by atoms with Gasteiger partial charge in [0.25, 0.3) is 0 Å². The molecule has 1 aromatic rings. The highest BCUT2D eigenvalue weighted by molar-refractivity contribution is 7.09. The van der Waals surface area contributed by atoms with E-state index in [1.165, 1.54) is 11.3 Å². The summed E-state index contributed by atoms with van der Waals surface area (Å²) in [6.45, 7) is 5.88. The summed E-state index contributed by atoms with van der Waals surface area (Å²) in [6, 6.07) is 0. The van der Waals surface area contributed by atoms with Crippen LogP contribution in [0.2, 0.25) is 0 Å². The van der Waals surface area contributed by atoms with Crippen molar-refractivity contribution < 1.29 is 14.7 Å². The van der Waals surface area contributed by atoms with Crippen LogP contribution in [-0.4, -0.2) is 22.0 Å². The number of carbonyl (C=O) groups is 2. The molecule has 2 unspecified atom stereocenters. The molecule has 5 nitrogen and oxygen atoms in total. The van der Waals surface area contributed by atoms with Crippen LogP contribution in [0.5, 0.6) is 0 Å². The molecule has 6 heteroatoms. The molecule has 2 N–H and O–H groups in total. The van der Waals surface area contributed by atoms with Gasteiger partial charge >= 0.3 is 5.97 Å². The van der Waals surface area contributed by atoms with Gasteiger partial charge in [-0.15, -0.1) is 11.3 Å². The fourth-order valence-electron chi connectivity index (χ4n) is 2.34. The minimum atomic E-state index is -0.898. The van der Waals surface area contributed by atoms with E-state index in [1.54, 1.807) is 0 Å². The lowest BCUT2D eigenvalue weighted by Gasteiger charge is -2.03. The molecule has 0 radical (unpaired) electrons. The molecule has 0 spiro atoms. The van der Waals surface area contributed by atoms with Gasteiger partial charge in [0.2, 0.25) is 5.91 Å². The zero-order valence-electron chi connectivity index (χ0n) is 10.6. The van der Waals surface area contributed by atoms with Crippen LogP contribution < -0.4 is 5.32 Å². The second-order valence-corrected chi connectivity index (χ2v) is 6.16. The summed E-state index contributed by atoms with van der Waals surface area (Å²) in [5.41, 5.74) is 0.480. The summed E-state index contributed by atoms with van der Waals surface area (Å²) < 4.78 is 0. The molecule has 1 aliphatic rings. The Labute approximate surface area is 109 Å². The Morgan fingerprint density at radius 3 is 2.61 bits per heavy atom. The minimum Gasteiger partial charge on any atom is -0.481 e. The molecular weight excluding hydrogens is 252 g/mol. The Morgan fingerprint density at radius 1 is 1.50 bits per heavy atom. The highest BCUT2D eigenvalue weighted by Crippen LogP contribution is 2.58. The summed E-state index contributed by atoms with van der Waals surface area (Å²) >= 11 is 1.49. The molecule has 0 aromatic carbocycles. The van der Waals surface area contributed by atoms with Crippen molar-refractivity contribution in [1.29, 1.82) is 0 Å². The number of aliphatic carboxylic acids is 1. The largest absolute Gasteiger partial charge is 0.481 e.